The number of nitrogens with two attached hydrogens (primary N) is 1. The highest BCUT2D eigenvalue weighted by atomic mass is 15.3. The average Bonchev–Trinajstić information content (AvgIpc) is 3.09. The van der Waals surface area contributed by atoms with Gasteiger partial charge in [-0.2, -0.15) is 5.10 Å². The molecule has 0 atom stereocenters. The Kier molecular flexibility index (Phi) is 3.58. The monoisotopic (exact) mass is 271 g/mol. The SMILES string of the molecule is CN(Cc1ccn(C2CCCC2)n1)c1ccncc1N. The molecule has 0 spiro atoms. The summed E-state index contributed by atoms with van der Waals surface area (Å²) in [5.74, 6) is 0. The molecule has 2 aromatic rings. The van der Waals surface area contributed by atoms with Gasteiger partial charge in [-0.1, -0.05) is 12.8 Å². The van der Waals surface area contributed by atoms with Gasteiger partial charge in [0.05, 0.1) is 35.9 Å². The predicted octanol–water partition coefficient (Wildman–Crippen LogP) is 2.61. The van der Waals surface area contributed by atoms with Crippen LogP contribution in [-0.2, 0) is 6.54 Å². The number of pyridine rings is 1. The Hall–Kier alpha value is -2.04. The molecule has 0 bridgehead atoms. The van der Waals surface area contributed by atoms with Gasteiger partial charge in [0.25, 0.3) is 0 Å². The fraction of sp³-hybridized carbons (Fsp3) is 0.467. The van der Waals surface area contributed by atoms with Crippen LogP contribution in [0.2, 0.25) is 0 Å². The van der Waals surface area contributed by atoms with Crippen molar-refractivity contribution in [2.75, 3.05) is 17.7 Å². The summed E-state index contributed by atoms with van der Waals surface area (Å²) < 4.78 is 2.13. The third-order valence-corrected chi connectivity index (χ3v) is 4.00. The molecule has 2 heterocycles. The van der Waals surface area contributed by atoms with Crippen LogP contribution in [0.4, 0.5) is 11.4 Å². The van der Waals surface area contributed by atoms with Gasteiger partial charge in [0.1, 0.15) is 0 Å². The summed E-state index contributed by atoms with van der Waals surface area (Å²) in [5, 5.41) is 4.71. The minimum atomic E-state index is 0.597. The zero-order valence-electron chi connectivity index (χ0n) is 11.9. The van der Waals surface area contributed by atoms with E-state index < -0.39 is 0 Å². The second kappa shape index (κ2) is 5.53. The lowest BCUT2D eigenvalue weighted by Gasteiger charge is -2.19. The van der Waals surface area contributed by atoms with Crippen molar-refractivity contribution in [3.05, 3.63) is 36.4 Å². The Morgan fingerprint density at radius 1 is 1.35 bits per heavy atom. The lowest BCUT2D eigenvalue weighted by Crippen LogP contribution is -2.18. The summed E-state index contributed by atoms with van der Waals surface area (Å²) in [6.45, 7) is 0.758. The van der Waals surface area contributed by atoms with Gasteiger partial charge in [0.2, 0.25) is 0 Å². The molecule has 2 N–H and O–H groups in total. The first-order valence-corrected chi connectivity index (χ1v) is 7.18. The van der Waals surface area contributed by atoms with E-state index in [4.69, 9.17) is 10.8 Å². The third kappa shape index (κ3) is 2.61. The maximum absolute atomic E-state index is 5.95. The van der Waals surface area contributed by atoms with Crippen LogP contribution < -0.4 is 10.6 Å². The standard InChI is InChI=1S/C15H21N5/c1-19(15-6-8-17-10-14(15)16)11-12-7-9-20(18-12)13-4-2-3-5-13/h6-10,13H,2-5,11,16H2,1H3. The molecular formula is C15H21N5. The maximum atomic E-state index is 5.95. The van der Waals surface area contributed by atoms with Crippen molar-refractivity contribution in [1.82, 2.24) is 14.8 Å². The Morgan fingerprint density at radius 3 is 2.90 bits per heavy atom. The van der Waals surface area contributed by atoms with Gasteiger partial charge in [-0.25, -0.2) is 0 Å². The minimum absolute atomic E-state index is 0.597. The van der Waals surface area contributed by atoms with Crippen molar-refractivity contribution >= 4 is 11.4 Å². The molecule has 1 aliphatic rings. The van der Waals surface area contributed by atoms with Crippen molar-refractivity contribution in [2.24, 2.45) is 0 Å². The molecule has 0 aromatic carbocycles. The number of aromatic nitrogens is 3. The Bertz CT molecular complexity index is 571. The molecule has 0 radical (unpaired) electrons. The first-order valence-electron chi connectivity index (χ1n) is 7.18. The molecule has 0 saturated heterocycles. The summed E-state index contributed by atoms with van der Waals surface area (Å²) in [7, 11) is 2.03. The zero-order chi connectivity index (χ0) is 13.9. The highest BCUT2D eigenvalue weighted by Gasteiger charge is 2.17. The van der Waals surface area contributed by atoms with E-state index in [1.54, 1.807) is 12.4 Å². The van der Waals surface area contributed by atoms with Crippen molar-refractivity contribution in [2.45, 2.75) is 38.3 Å². The molecule has 0 unspecified atom stereocenters. The quantitative estimate of drug-likeness (QED) is 0.928. The molecule has 0 amide bonds. The van der Waals surface area contributed by atoms with Crippen LogP contribution in [0.15, 0.2) is 30.7 Å². The van der Waals surface area contributed by atoms with Crippen molar-refractivity contribution in [3.8, 4) is 0 Å². The molecular weight excluding hydrogens is 250 g/mol. The molecule has 5 nitrogen and oxygen atoms in total. The van der Waals surface area contributed by atoms with Gasteiger partial charge in [-0.15, -0.1) is 0 Å². The van der Waals surface area contributed by atoms with Crippen molar-refractivity contribution in [3.63, 3.8) is 0 Å². The van der Waals surface area contributed by atoms with E-state index in [-0.39, 0.29) is 0 Å². The normalized spacial score (nSPS) is 15.7. The summed E-state index contributed by atoms with van der Waals surface area (Å²) in [6, 6.07) is 4.63. The molecule has 20 heavy (non-hydrogen) atoms. The maximum Gasteiger partial charge on any atom is 0.0817 e. The Morgan fingerprint density at radius 2 is 2.15 bits per heavy atom. The van der Waals surface area contributed by atoms with E-state index in [9.17, 15) is 0 Å². The highest BCUT2D eigenvalue weighted by molar-refractivity contribution is 5.65. The number of hydrogen-bond acceptors (Lipinski definition) is 4. The fourth-order valence-corrected chi connectivity index (χ4v) is 2.91. The molecule has 0 aliphatic heterocycles. The number of rotatable bonds is 4. The zero-order valence-corrected chi connectivity index (χ0v) is 11.9. The van der Waals surface area contributed by atoms with E-state index in [0.717, 1.165) is 17.9 Å². The van der Waals surface area contributed by atoms with E-state index in [2.05, 4.69) is 26.8 Å². The molecule has 2 aromatic heterocycles. The van der Waals surface area contributed by atoms with Gasteiger partial charge >= 0.3 is 0 Å². The van der Waals surface area contributed by atoms with Gasteiger partial charge in [0, 0.05) is 19.4 Å². The first kappa shape index (κ1) is 13.0. The number of anilines is 2. The molecule has 1 saturated carbocycles. The fourth-order valence-electron chi connectivity index (χ4n) is 2.91. The van der Waals surface area contributed by atoms with E-state index in [1.807, 2.05) is 13.1 Å². The smallest absolute Gasteiger partial charge is 0.0817 e. The van der Waals surface area contributed by atoms with Crippen LogP contribution in [0.1, 0.15) is 37.4 Å². The van der Waals surface area contributed by atoms with Gasteiger partial charge in [0.15, 0.2) is 0 Å². The Labute approximate surface area is 119 Å². The highest BCUT2D eigenvalue weighted by Crippen LogP contribution is 2.29. The van der Waals surface area contributed by atoms with Crippen LogP contribution in [0, 0.1) is 0 Å². The van der Waals surface area contributed by atoms with Gasteiger partial charge in [-0.3, -0.25) is 9.67 Å². The summed E-state index contributed by atoms with van der Waals surface area (Å²) >= 11 is 0. The average molecular weight is 271 g/mol. The lowest BCUT2D eigenvalue weighted by atomic mass is 10.3. The van der Waals surface area contributed by atoms with Crippen LogP contribution in [0.5, 0.6) is 0 Å². The van der Waals surface area contributed by atoms with E-state index >= 15 is 0 Å². The molecule has 106 valence electrons. The molecule has 5 heteroatoms. The second-order valence-electron chi connectivity index (χ2n) is 5.52. The van der Waals surface area contributed by atoms with Crippen LogP contribution >= 0.6 is 0 Å². The minimum Gasteiger partial charge on any atom is -0.396 e. The number of hydrogen-bond donors (Lipinski definition) is 1. The lowest BCUT2D eigenvalue weighted by molar-refractivity contribution is 0.463. The van der Waals surface area contributed by atoms with Crippen LogP contribution in [0.25, 0.3) is 0 Å². The second-order valence-corrected chi connectivity index (χ2v) is 5.52. The summed E-state index contributed by atoms with van der Waals surface area (Å²) in [5.41, 5.74) is 8.72. The first-order chi connectivity index (χ1) is 9.74. The summed E-state index contributed by atoms with van der Waals surface area (Å²) in [6.07, 6.45) is 10.7. The molecule has 1 fully saturated rings. The van der Waals surface area contributed by atoms with Crippen molar-refractivity contribution < 1.29 is 0 Å². The number of nitrogen functional groups attached to an aromatic ring is 1. The summed E-state index contributed by atoms with van der Waals surface area (Å²) in [4.78, 5) is 6.13. The number of nitrogens with zero attached hydrogens (tertiary/aromatic N) is 4. The van der Waals surface area contributed by atoms with Crippen molar-refractivity contribution in [1.29, 1.82) is 0 Å². The van der Waals surface area contributed by atoms with Gasteiger partial charge < -0.3 is 10.6 Å². The van der Waals surface area contributed by atoms with E-state index in [0.29, 0.717) is 11.7 Å². The van der Waals surface area contributed by atoms with E-state index in [1.165, 1.54) is 25.7 Å². The van der Waals surface area contributed by atoms with Gasteiger partial charge in [-0.05, 0) is 25.0 Å². The Balaban J connectivity index is 1.70. The third-order valence-electron chi connectivity index (χ3n) is 4.00. The predicted molar refractivity (Wildman–Crippen MR) is 80.5 cm³/mol. The molecule has 1 aliphatic carbocycles. The van der Waals surface area contributed by atoms with Crippen LogP contribution in [0.3, 0.4) is 0 Å². The topological polar surface area (TPSA) is 60.0 Å². The van der Waals surface area contributed by atoms with Crippen LogP contribution in [-0.4, -0.2) is 21.8 Å². The largest absolute Gasteiger partial charge is 0.396 e. The molecule has 3 rings (SSSR count).